The van der Waals surface area contributed by atoms with E-state index in [1.54, 1.807) is 20.3 Å². The Kier molecular flexibility index (Phi) is 4.32. The highest BCUT2D eigenvalue weighted by Gasteiger charge is 2.10. The quantitative estimate of drug-likeness (QED) is 0.468. The Morgan fingerprint density at radius 2 is 2.00 bits per heavy atom. The summed E-state index contributed by atoms with van der Waals surface area (Å²) in [5, 5.41) is 0. The average molecular weight is 166 g/mol. The Labute approximate surface area is 61.0 Å². The average Bonchev–Trinajstić information content (AvgIpc) is 1.89. The molecular formula is C5H11O2PS. The summed E-state index contributed by atoms with van der Waals surface area (Å²) >= 11 is 5.00. The fraction of sp³-hybridized carbons (Fsp3) is 0.600. The van der Waals surface area contributed by atoms with Crippen molar-refractivity contribution in [3.05, 3.63) is 12.7 Å². The summed E-state index contributed by atoms with van der Waals surface area (Å²) in [5.74, 6) is 0. The van der Waals surface area contributed by atoms with Crippen LogP contribution in [0.3, 0.4) is 0 Å². The minimum Gasteiger partial charge on any atom is -0.332 e. The predicted molar refractivity (Wildman–Crippen MR) is 43.4 cm³/mol. The van der Waals surface area contributed by atoms with Gasteiger partial charge in [-0.25, -0.2) is 0 Å². The number of allylic oxidation sites excluding steroid dienone is 1. The third kappa shape index (κ3) is 3.11. The number of hydrogen-bond donors (Lipinski definition) is 0. The first kappa shape index (κ1) is 9.31. The normalized spacial score (nSPS) is 11.3. The van der Waals surface area contributed by atoms with Gasteiger partial charge in [-0.1, -0.05) is 6.08 Å². The lowest BCUT2D eigenvalue weighted by molar-refractivity contribution is 0.340. The second kappa shape index (κ2) is 4.18. The van der Waals surface area contributed by atoms with E-state index in [1.807, 2.05) is 0 Å². The molecule has 0 rings (SSSR count). The van der Waals surface area contributed by atoms with Crippen LogP contribution in [0, 0.1) is 0 Å². The van der Waals surface area contributed by atoms with Gasteiger partial charge in [0.15, 0.2) is 6.49 Å². The van der Waals surface area contributed by atoms with Crippen LogP contribution in [0.5, 0.6) is 0 Å². The molecule has 0 unspecified atom stereocenters. The van der Waals surface area contributed by atoms with Gasteiger partial charge in [-0.3, -0.25) is 0 Å². The number of hydrogen-bond acceptors (Lipinski definition) is 3. The first-order valence-electron chi connectivity index (χ1n) is 2.50. The zero-order valence-electron chi connectivity index (χ0n) is 5.66. The molecule has 0 heterocycles. The standard InChI is InChI=1S/C5H11O2PS/c1-4-5-8(9,6-2)7-3/h4H,1,5H2,2-3H3. The molecule has 0 N–H and O–H groups in total. The van der Waals surface area contributed by atoms with Gasteiger partial charge in [-0.2, -0.15) is 0 Å². The van der Waals surface area contributed by atoms with E-state index in [2.05, 4.69) is 6.58 Å². The highest BCUT2D eigenvalue weighted by molar-refractivity contribution is 8.10. The van der Waals surface area contributed by atoms with Crippen molar-refractivity contribution in [1.82, 2.24) is 0 Å². The van der Waals surface area contributed by atoms with Gasteiger partial charge in [0.1, 0.15) is 0 Å². The van der Waals surface area contributed by atoms with Crippen molar-refractivity contribution in [2.45, 2.75) is 0 Å². The Morgan fingerprint density at radius 1 is 1.56 bits per heavy atom. The van der Waals surface area contributed by atoms with Crippen LogP contribution in [-0.2, 0) is 20.9 Å². The van der Waals surface area contributed by atoms with Crippen molar-refractivity contribution < 1.29 is 9.05 Å². The van der Waals surface area contributed by atoms with Crippen LogP contribution in [0.4, 0.5) is 0 Å². The molecule has 54 valence electrons. The van der Waals surface area contributed by atoms with E-state index in [1.165, 1.54) is 0 Å². The van der Waals surface area contributed by atoms with Gasteiger partial charge < -0.3 is 9.05 Å². The summed E-state index contributed by atoms with van der Waals surface area (Å²) < 4.78 is 9.92. The molecule has 0 aliphatic heterocycles. The highest BCUT2D eigenvalue weighted by atomic mass is 32.5. The monoisotopic (exact) mass is 166 g/mol. The van der Waals surface area contributed by atoms with Crippen molar-refractivity contribution >= 4 is 18.3 Å². The van der Waals surface area contributed by atoms with Crippen molar-refractivity contribution in [2.24, 2.45) is 0 Å². The maximum absolute atomic E-state index is 5.00. The molecule has 0 aliphatic carbocycles. The topological polar surface area (TPSA) is 18.5 Å². The molecule has 0 saturated carbocycles. The molecule has 0 aromatic heterocycles. The molecule has 2 nitrogen and oxygen atoms in total. The predicted octanol–water partition coefficient (Wildman–Crippen LogP) is 1.77. The van der Waals surface area contributed by atoms with Gasteiger partial charge in [-0.15, -0.1) is 6.58 Å². The van der Waals surface area contributed by atoms with E-state index >= 15 is 0 Å². The van der Waals surface area contributed by atoms with Crippen molar-refractivity contribution in [3.63, 3.8) is 0 Å². The third-order valence-electron chi connectivity index (χ3n) is 0.909. The Morgan fingerprint density at radius 3 is 2.11 bits per heavy atom. The SMILES string of the molecule is C=CCP(=S)(OC)OC. The summed E-state index contributed by atoms with van der Waals surface area (Å²) in [6, 6.07) is 0. The summed E-state index contributed by atoms with van der Waals surface area (Å²) in [6.45, 7) is 1.58. The molecule has 0 radical (unpaired) electrons. The second-order valence-corrected chi connectivity index (χ2v) is 5.43. The smallest absolute Gasteiger partial charge is 0.191 e. The Bertz CT molecular complexity index is 127. The molecule has 4 heteroatoms. The first-order valence-corrected chi connectivity index (χ1v) is 5.32. The van der Waals surface area contributed by atoms with Crippen molar-refractivity contribution in [1.29, 1.82) is 0 Å². The Hall–Kier alpha value is 0.310. The van der Waals surface area contributed by atoms with Crippen LogP contribution in [0.2, 0.25) is 0 Å². The molecule has 0 fully saturated rings. The highest BCUT2D eigenvalue weighted by Crippen LogP contribution is 2.46. The molecular weight excluding hydrogens is 155 g/mol. The largest absolute Gasteiger partial charge is 0.332 e. The fourth-order valence-corrected chi connectivity index (χ4v) is 1.46. The molecule has 0 spiro atoms. The fourth-order valence-electron chi connectivity index (χ4n) is 0.382. The lowest BCUT2D eigenvalue weighted by Crippen LogP contribution is -1.90. The summed E-state index contributed by atoms with van der Waals surface area (Å²) in [4.78, 5) is 0. The maximum Gasteiger partial charge on any atom is 0.191 e. The molecule has 0 aliphatic rings. The van der Waals surface area contributed by atoms with E-state index in [9.17, 15) is 0 Å². The molecule has 0 saturated heterocycles. The van der Waals surface area contributed by atoms with E-state index in [0.29, 0.717) is 6.16 Å². The Balaban J connectivity index is 3.93. The minimum absolute atomic E-state index is 0.634. The minimum atomic E-state index is -1.97. The first-order chi connectivity index (χ1) is 4.18. The maximum atomic E-state index is 5.00. The van der Waals surface area contributed by atoms with E-state index in [0.717, 1.165) is 0 Å². The third-order valence-corrected chi connectivity index (χ3v) is 4.07. The summed E-state index contributed by atoms with van der Waals surface area (Å²) in [5.41, 5.74) is 0. The van der Waals surface area contributed by atoms with Gasteiger partial charge in [0.25, 0.3) is 0 Å². The van der Waals surface area contributed by atoms with Crippen LogP contribution >= 0.6 is 6.49 Å². The zero-order valence-corrected chi connectivity index (χ0v) is 7.37. The van der Waals surface area contributed by atoms with Crippen LogP contribution in [0.25, 0.3) is 0 Å². The van der Waals surface area contributed by atoms with Gasteiger partial charge in [0.2, 0.25) is 0 Å². The summed E-state index contributed by atoms with van der Waals surface area (Å²) in [7, 11) is 3.13. The lowest BCUT2D eigenvalue weighted by Gasteiger charge is -2.14. The molecule has 0 bridgehead atoms. The van der Waals surface area contributed by atoms with Crippen molar-refractivity contribution in [3.8, 4) is 0 Å². The summed E-state index contributed by atoms with van der Waals surface area (Å²) in [6.07, 6.45) is 2.35. The van der Waals surface area contributed by atoms with Gasteiger partial charge in [-0.05, 0) is 11.8 Å². The van der Waals surface area contributed by atoms with Crippen LogP contribution in [-0.4, -0.2) is 20.4 Å². The van der Waals surface area contributed by atoms with Gasteiger partial charge in [0.05, 0.1) is 0 Å². The van der Waals surface area contributed by atoms with Gasteiger partial charge >= 0.3 is 0 Å². The van der Waals surface area contributed by atoms with Crippen LogP contribution in [0.1, 0.15) is 0 Å². The second-order valence-electron chi connectivity index (χ2n) is 1.45. The number of rotatable bonds is 4. The molecule has 9 heavy (non-hydrogen) atoms. The zero-order chi connectivity index (χ0) is 7.33. The molecule has 0 atom stereocenters. The van der Waals surface area contributed by atoms with Crippen LogP contribution in [0.15, 0.2) is 12.7 Å². The van der Waals surface area contributed by atoms with E-state index < -0.39 is 6.49 Å². The molecule has 0 amide bonds. The molecule has 0 aromatic rings. The van der Waals surface area contributed by atoms with E-state index in [4.69, 9.17) is 20.9 Å². The molecule has 0 aromatic carbocycles. The van der Waals surface area contributed by atoms with E-state index in [-0.39, 0.29) is 0 Å². The van der Waals surface area contributed by atoms with Gasteiger partial charge in [0, 0.05) is 20.4 Å². The lowest BCUT2D eigenvalue weighted by atomic mass is 10.8. The van der Waals surface area contributed by atoms with Crippen molar-refractivity contribution in [2.75, 3.05) is 20.4 Å². The van der Waals surface area contributed by atoms with Crippen LogP contribution < -0.4 is 0 Å².